The maximum Gasteiger partial charge on any atom is 0.342 e. The first-order chi connectivity index (χ1) is 16.1. The molecule has 0 fully saturated rings. The number of aromatic hydroxyl groups is 1. The average Bonchev–Trinajstić information content (AvgIpc) is 2.78. The van der Waals surface area contributed by atoms with Gasteiger partial charge in [-0.25, -0.2) is 4.79 Å². The first-order valence-electron chi connectivity index (χ1n) is 11.0. The van der Waals surface area contributed by atoms with Gasteiger partial charge < -0.3 is 29.6 Å². The van der Waals surface area contributed by atoms with E-state index in [1.165, 1.54) is 37.3 Å². The predicted octanol–water partition coefficient (Wildman–Crippen LogP) is 1.67. The normalized spacial score (nSPS) is 25.4. The van der Waals surface area contributed by atoms with Crippen molar-refractivity contribution in [2.75, 3.05) is 13.2 Å². The number of aliphatic hydroxyl groups is 2. The van der Waals surface area contributed by atoms with E-state index in [4.69, 9.17) is 9.47 Å². The topological polar surface area (TPSA) is 152 Å². The molecular formula is C24H31NO9. The number of cyclic esters (lactones) is 1. The Hall–Kier alpha value is -3.21. The number of benzene rings is 1. The molecule has 1 aromatic rings. The Bertz CT molecular complexity index is 941. The number of phenolic OH excluding ortho intramolecular Hbond substituents is 1. The molecule has 0 saturated heterocycles. The van der Waals surface area contributed by atoms with Gasteiger partial charge in [-0.3, -0.25) is 9.59 Å². The van der Waals surface area contributed by atoms with Crippen LogP contribution in [0.4, 0.5) is 0 Å². The number of nitrogens with one attached hydrogen (secondary N) is 1. The Kier molecular flexibility index (Phi) is 10.2. The average molecular weight is 478 g/mol. The molecule has 0 amide bonds. The molecular weight excluding hydrogens is 446 g/mol. The van der Waals surface area contributed by atoms with Crippen LogP contribution in [0.25, 0.3) is 6.08 Å². The zero-order valence-electron chi connectivity index (χ0n) is 19.4. The van der Waals surface area contributed by atoms with Crippen LogP contribution in [0.15, 0.2) is 30.4 Å². The van der Waals surface area contributed by atoms with Gasteiger partial charge in [0.05, 0.1) is 12.7 Å². The van der Waals surface area contributed by atoms with Crippen LogP contribution in [0.1, 0.15) is 49.5 Å². The van der Waals surface area contributed by atoms with Gasteiger partial charge in [-0.1, -0.05) is 25.2 Å². The summed E-state index contributed by atoms with van der Waals surface area (Å²) in [5, 5.41) is 30.7. The molecule has 0 unspecified atom stereocenters. The molecule has 0 radical (unpaired) electrons. The van der Waals surface area contributed by atoms with Crippen molar-refractivity contribution >= 4 is 23.8 Å². The molecule has 186 valence electrons. The lowest BCUT2D eigenvalue weighted by molar-refractivity contribution is -0.148. The van der Waals surface area contributed by atoms with Crippen LogP contribution < -0.4 is 10.2 Å². The van der Waals surface area contributed by atoms with Crippen LogP contribution in [0, 0.1) is 5.92 Å². The number of esters is 1. The minimum absolute atomic E-state index is 0.0947. The molecule has 1 aliphatic heterocycles. The molecule has 1 aromatic carbocycles. The number of rotatable bonds is 6. The summed E-state index contributed by atoms with van der Waals surface area (Å²) in [5.41, 5.74) is 2.59. The van der Waals surface area contributed by atoms with E-state index in [2.05, 4.69) is 10.3 Å². The lowest BCUT2D eigenvalue weighted by Gasteiger charge is -2.21. The van der Waals surface area contributed by atoms with Gasteiger partial charge in [-0.2, -0.15) is 5.48 Å². The first-order valence-corrected chi connectivity index (χ1v) is 11.0. The number of aliphatic hydroxyl groups excluding tert-OH is 2. The number of carbonyl (C=O) groups excluding carboxylic acids is 3. The molecule has 4 atom stereocenters. The van der Waals surface area contributed by atoms with Crippen molar-refractivity contribution in [2.24, 2.45) is 5.92 Å². The Morgan fingerprint density at radius 2 is 1.94 bits per heavy atom. The number of hydrogen-bond donors (Lipinski definition) is 4. The Morgan fingerprint density at radius 1 is 1.21 bits per heavy atom. The molecule has 4 N–H and O–H groups in total. The standard InChI is InChI=1S/C24H31NO9/c1-14-8-9-20(29)23(30)19(28)7-4-6-17-21(32-13-5-12-25-34-16(3)26)11-10-18(27)22(17)24(31)33-15(14)2/h4,6,8-11,14-15,19,23,25,27-28,30H,5,7,12-13H2,1-3H3/b6-4+,9-8-/t14-,15-,19-,23-/m0/s1. The molecule has 34 heavy (non-hydrogen) atoms. The third kappa shape index (κ3) is 7.68. The highest BCUT2D eigenvalue weighted by atomic mass is 16.7. The van der Waals surface area contributed by atoms with E-state index < -0.39 is 36.0 Å². The summed E-state index contributed by atoms with van der Waals surface area (Å²) in [7, 11) is 0. The molecule has 10 heteroatoms. The van der Waals surface area contributed by atoms with E-state index in [-0.39, 0.29) is 41.6 Å². The van der Waals surface area contributed by atoms with Gasteiger partial charge in [0.1, 0.15) is 29.3 Å². The van der Waals surface area contributed by atoms with Crippen LogP contribution >= 0.6 is 0 Å². The fourth-order valence-corrected chi connectivity index (χ4v) is 3.05. The molecule has 0 spiro atoms. The lowest BCUT2D eigenvalue weighted by atomic mass is 9.99. The fourth-order valence-electron chi connectivity index (χ4n) is 3.05. The smallest absolute Gasteiger partial charge is 0.342 e. The van der Waals surface area contributed by atoms with Crippen LogP contribution in [0.5, 0.6) is 11.5 Å². The molecule has 2 rings (SSSR count). The van der Waals surface area contributed by atoms with E-state index >= 15 is 0 Å². The van der Waals surface area contributed by atoms with Gasteiger partial charge >= 0.3 is 11.9 Å². The Balaban J connectivity index is 2.34. The van der Waals surface area contributed by atoms with E-state index in [9.17, 15) is 29.7 Å². The van der Waals surface area contributed by atoms with Crippen molar-refractivity contribution < 1.29 is 44.0 Å². The van der Waals surface area contributed by atoms with Crippen molar-refractivity contribution in [1.82, 2.24) is 5.48 Å². The summed E-state index contributed by atoms with van der Waals surface area (Å²) in [4.78, 5) is 40.5. The minimum Gasteiger partial charge on any atom is -0.507 e. The number of ketones is 1. The van der Waals surface area contributed by atoms with Crippen LogP contribution in [-0.4, -0.2) is 64.5 Å². The Labute approximate surface area is 197 Å². The second-order valence-corrected chi connectivity index (χ2v) is 7.94. The fraction of sp³-hybridized carbons (Fsp3) is 0.458. The number of fused-ring (bicyclic) bond motifs is 1. The lowest BCUT2D eigenvalue weighted by Crippen LogP contribution is -2.32. The summed E-state index contributed by atoms with van der Waals surface area (Å²) in [6.07, 6.45) is 2.30. The highest BCUT2D eigenvalue weighted by Gasteiger charge is 2.26. The third-order valence-electron chi connectivity index (χ3n) is 5.20. The second kappa shape index (κ2) is 12.9. The van der Waals surface area contributed by atoms with Gasteiger partial charge in [-0.15, -0.1) is 0 Å². The predicted molar refractivity (Wildman–Crippen MR) is 122 cm³/mol. The summed E-state index contributed by atoms with van der Waals surface area (Å²) in [5.74, 6) is -2.34. The van der Waals surface area contributed by atoms with E-state index in [0.717, 1.165) is 6.08 Å². The molecule has 10 nitrogen and oxygen atoms in total. The van der Waals surface area contributed by atoms with Crippen molar-refractivity contribution in [3.63, 3.8) is 0 Å². The quantitative estimate of drug-likeness (QED) is 0.270. The summed E-state index contributed by atoms with van der Waals surface area (Å²) in [6.45, 7) is 5.16. The second-order valence-electron chi connectivity index (χ2n) is 7.94. The molecule has 0 aromatic heterocycles. The monoisotopic (exact) mass is 477 g/mol. The maximum absolute atomic E-state index is 13.0. The van der Waals surface area contributed by atoms with Gasteiger partial charge in [0, 0.05) is 24.9 Å². The molecule has 1 aliphatic rings. The van der Waals surface area contributed by atoms with Crippen molar-refractivity contribution in [2.45, 2.75) is 51.9 Å². The third-order valence-corrected chi connectivity index (χ3v) is 5.20. The number of ether oxygens (including phenoxy) is 2. The molecule has 0 saturated carbocycles. The number of hydroxylamine groups is 1. The molecule has 1 heterocycles. The number of phenols is 1. The summed E-state index contributed by atoms with van der Waals surface area (Å²) < 4.78 is 11.3. The van der Waals surface area contributed by atoms with Gasteiger partial charge in [0.15, 0.2) is 5.78 Å². The van der Waals surface area contributed by atoms with Crippen molar-refractivity contribution in [3.05, 3.63) is 41.5 Å². The summed E-state index contributed by atoms with van der Waals surface area (Å²) >= 11 is 0. The van der Waals surface area contributed by atoms with Crippen molar-refractivity contribution in [3.8, 4) is 11.5 Å². The molecule has 0 aliphatic carbocycles. The number of hydrogen-bond acceptors (Lipinski definition) is 10. The van der Waals surface area contributed by atoms with E-state index in [0.29, 0.717) is 13.0 Å². The minimum atomic E-state index is -1.61. The number of carbonyl (C=O) groups is 3. The first kappa shape index (κ1) is 27.0. The Morgan fingerprint density at radius 3 is 2.65 bits per heavy atom. The van der Waals surface area contributed by atoms with Gasteiger partial charge in [0.25, 0.3) is 0 Å². The molecule has 0 bridgehead atoms. The van der Waals surface area contributed by atoms with E-state index in [1.807, 2.05) is 0 Å². The maximum atomic E-state index is 13.0. The van der Waals surface area contributed by atoms with E-state index in [1.54, 1.807) is 13.8 Å². The summed E-state index contributed by atoms with van der Waals surface area (Å²) in [6, 6.07) is 2.80. The van der Waals surface area contributed by atoms with Crippen LogP contribution in [0.3, 0.4) is 0 Å². The van der Waals surface area contributed by atoms with Crippen LogP contribution in [-0.2, 0) is 19.2 Å². The van der Waals surface area contributed by atoms with Gasteiger partial charge in [-0.05, 0) is 38.0 Å². The zero-order valence-corrected chi connectivity index (χ0v) is 19.4. The SMILES string of the molecule is CC(=O)ONCCCOc1ccc(O)c2c1/C=C/C[C@H](O)[C@H](O)C(=O)/C=C\[C@H](C)[C@H](C)OC2=O. The highest BCUT2D eigenvalue weighted by molar-refractivity contribution is 5.98. The largest absolute Gasteiger partial charge is 0.507 e. The van der Waals surface area contributed by atoms with Gasteiger partial charge in [0.2, 0.25) is 0 Å². The van der Waals surface area contributed by atoms with Crippen LogP contribution in [0.2, 0.25) is 0 Å². The zero-order chi connectivity index (χ0) is 25.3. The highest BCUT2D eigenvalue weighted by Crippen LogP contribution is 2.33. The van der Waals surface area contributed by atoms with Crippen molar-refractivity contribution in [1.29, 1.82) is 0 Å².